The Labute approximate surface area is 241 Å². The third-order valence-corrected chi connectivity index (χ3v) is 6.87. The van der Waals surface area contributed by atoms with Gasteiger partial charge in [-0.15, -0.1) is 33.0 Å². The van der Waals surface area contributed by atoms with Crippen molar-refractivity contribution < 1.29 is 24.0 Å². The van der Waals surface area contributed by atoms with Crippen LogP contribution in [-0.4, -0.2) is 99.5 Å². The minimum atomic E-state index is -2.38. The number of nitroso groups, excluding NO2 is 2. The molecule has 1 fully saturated rings. The summed E-state index contributed by atoms with van der Waals surface area (Å²) in [6, 6.07) is -3.29. The SMILES string of the molecule is CC(C)[C@H](NC(=O)[C@@H]1CCCN1C(=O)[C@@](N)(CCCC(N)C(=O)N(CCCl)N=O)C(=O)N(CCCl)N=O)C(N)=O. The van der Waals surface area contributed by atoms with Crippen LogP contribution in [0.3, 0.4) is 0 Å². The van der Waals surface area contributed by atoms with Gasteiger partial charge in [0.1, 0.15) is 12.1 Å². The molecule has 18 heteroatoms. The average molecular weight is 611 g/mol. The number of nitrogens with two attached hydrogens (primary N) is 3. The number of primary amides is 1. The fourth-order valence-electron chi connectivity index (χ4n) is 4.34. The van der Waals surface area contributed by atoms with E-state index in [4.69, 9.17) is 40.4 Å². The van der Waals surface area contributed by atoms with Crippen LogP contribution in [0.2, 0.25) is 0 Å². The molecule has 5 amide bonds. The van der Waals surface area contributed by atoms with E-state index < -0.39 is 59.6 Å². The number of halogens is 2. The molecule has 1 heterocycles. The number of carbonyl (C=O) groups is 5. The van der Waals surface area contributed by atoms with Gasteiger partial charge >= 0.3 is 0 Å². The van der Waals surface area contributed by atoms with Crippen molar-refractivity contribution in [3.8, 4) is 0 Å². The standard InChI is InChI=1S/C22H37Cl2N9O7/c1-13(2)16(17(26)34)28-18(35)15-6-4-10-31(15)20(37)22(27,21(38)33(30-40)12-9-24)7-3-5-14(25)19(36)32(29-39)11-8-23/h13-16H,3-12,25,27H2,1-2H3,(H2,26,34)(H,28,35)/t14?,15-,16-,22-/m0/s1. The van der Waals surface area contributed by atoms with Crippen LogP contribution in [0, 0.1) is 15.7 Å². The maximum Gasteiger partial charge on any atom is 0.275 e. The zero-order chi connectivity index (χ0) is 30.6. The van der Waals surface area contributed by atoms with Crippen molar-refractivity contribution in [3.63, 3.8) is 0 Å². The van der Waals surface area contributed by atoms with Crippen molar-refractivity contribution >= 4 is 52.7 Å². The molecule has 0 aliphatic carbocycles. The summed E-state index contributed by atoms with van der Waals surface area (Å²) in [5.41, 5.74) is 15.3. The zero-order valence-corrected chi connectivity index (χ0v) is 24.0. The van der Waals surface area contributed by atoms with E-state index in [1.807, 2.05) is 0 Å². The van der Waals surface area contributed by atoms with Gasteiger partial charge in [-0.3, -0.25) is 24.0 Å². The van der Waals surface area contributed by atoms with Gasteiger partial charge in [-0.05, 0) is 38.0 Å². The minimum Gasteiger partial charge on any atom is -0.368 e. The van der Waals surface area contributed by atoms with E-state index in [1.165, 1.54) is 0 Å². The van der Waals surface area contributed by atoms with Gasteiger partial charge in [-0.1, -0.05) is 13.8 Å². The molecule has 1 unspecified atom stereocenters. The van der Waals surface area contributed by atoms with Gasteiger partial charge in [0.2, 0.25) is 11.8 Å². The molecule has 0 radical (unpaired) electrons. The molecule has 4 atom stereocenters. The third-order valence-electron chi connectivity index (χ3n) is 6.53. The Balaban J connectivity index is 3.22. The highest BCUT2D eigenvalue weighted by Gasteiger charge is 2.50. The first-order valence-corrected chi connectivity index (χ1v) is 13.7. The highest BCUT2D eigenvalue weighted by atomic mass is 35.5. The molecule has 0 aromatic carbocycles. The predicted octanol–water partition coefficient (Wildman–Crippen LogP) is -0.704. The summed E-state index contributed by atoms with van der Waals surface area (Å²) >= 11 is 11.2. The van der Waals surface area contributed by atoms with E-state index in [0.29, 0.717) is 16.4 Å². The molecular weight excluding hydrogens is 573 g/mol. The minimum absolute atomic E-state index is 0.0594. The summed E-state index contributed by atoms with van der Waals surface area (Å²) in [5.74, 6) is -4.92. The van der Waals surface area contributed by atoms with Gasteiger partial charge in [-0.25, -0.2) is 0 Å². The van der Waals surface area contributed by atoms with E-state index in [0.717, 1.165) is 4.90 Å². The first-order valence-electron chi connectivity index (χ1n) is 12.7. The quantitative estimate of drug-likeness (QED) is 0.0703. The number of likely N-dealkylation sites (tertiary alicyclic amines) is 1. The molecule has 40 heavy (non-hydrogen) atoms. The molecule has 1 aliphatic rings. The molecule has 0 bridgehead atoms. The molecule has 0 aromatic heterocycles. The molecule has 1 rings (SSSR count). The summed E-state index contributed by atoms with van der Waals surface area (Å²) < 4.78 is 0. The van der Waals surface area contributed by atoms with Crippen LogP contribution in [-0.2, 0) is 24.0 Å². The van der Waals surface area contributed by atoms with Gasteiger partial charge in [0.15, 0.2) is 5.54 Å². The summed E-state index contributed by atoms with van der Waals surface area (Å²) in [6.07, 6.45) is 0.0177. The Morgan fingerprint density at radius 2 is 1.65 bits per heavy atom. The number of nitrogens with zero attached hydrogens (tertiary/aromatic N) is 5. The van der Waals surface area contributed by atoms with Crippen LogP contribution >= 0.6 is 23.2 Å². The summed E-state index contributed by atoms with van der Waals surface area (Å²) in [4.78, 5) is 87.7. The number of alkyl halides is 2. The van der Waals surface area contributed by atoms with E-state index in [-0.39, 0.29) is 56.6 Å². The second-order valence-electron chi connectivity index (χ2n) is 9.69. The topological polar surface area (TPSA) is 244 Å². The molecule has 7 N–H and O–H groups in total. The summed E-state index contributed by atoms with van der Waals surface area (Å²) in [6.45, 7) is 2.92. The van der Waals surface area contributed by atoms with Crippen LogP contribution in [0.15, 0.2) is 10.6 Å². The number of carbonyl (C=O) groups excluding carboxylic acids is 5. The van der Waals surface area contributed by atoms with Crippen molar-refractivity contribution in [1.82, 2.24) is 20.2 Å². The van der Waals surface area contributed by atoms with E-state index >= 15 is 0 Å². The Morgan fingerprint density at radius 3 is 2.15 bits per heavy atom. The van der Waals surface area contributed by atoms with Gasteiger partial charge in [0, 0.05) is 18.3 Å². The zero-order valence-electron chi connectivity index (χ0n) is 22.5. The van der Waals surface area contributed by atoms with Crippen LogP contribution < -0.4 is 22.5 Å². The maximum absolute atomic E-state index is 13.8. The second-order valence-corrected chi connectivity index (χ2v) is 10.4. The van der Waals surface area contributed by atoms with Crippen molar-refractivity contribution in [2.75, 3.05) is 31.4 Å². The van der Waals surface area contributed by atoms with Crippen molar-refractivity contribution in [1.29, 1.82) is 0 Å². The first-order chi connectivity index (χ1) is 18.8. The Morgan fingerprint density at radius 1 is 1.07 bits per heavy atom. The number of nitrogens with one attached hydrogen (secondary N) is 1. The van der Waals surface area contributed by atoms with Crippen LogP contribution in [0.1, 0.15) is 46.0 Å². The Bertz CT molecular complexity index is 958. The van der Waals surface area contributed by atoms with E-state index in [1.54, 1.807) is 13.8 Å². The molecule has 0 spiro atoms. The summed E-state index contributed by atoms with van der Waals surface area (Å²) in [5, 5.41) is 8.74. The largest absolute Gasteiger partial charge is 0.368 e. The molecule has 16 nitrogen and oxygen atoms in total. The lowest BCUT2D eigenvalue weighted by molar-refractivity contribution is -0.152. The smallest absolute Gasteiger partial charge is 0.275 e. The van der Waals surface area contributed by atoms with Gasteiger partial charge in [-0.2, -0.15) is 10.0 Å². The lowest BCUT2D eigenvalue weighted by Crippen LogP contribution is -2.66. The third kappa shape index (κ3) is 8.78. The molecule has 0 saturated carbocycles. The van der Waals surface area contributed by atoms with Gasteiger partial charge < -0.3 is 27.4 Å². The molecule has 1 saturated heterocycles. The fraction of sp³-hybridized carbons (Fsp3) is 0.773. The number of hydrogen-bond donors (Lipinski definition) is 4. The summed E-state index contributed by atoms with van der Waals surface area (Å²) in [7, 11) is 0. The van der Waals surface area contributed by atoms with Crippen LogP contribution in [0.5, 0.6) is 0 Å². The maximum atomic E-state index is 13.8. The Kier molecular flexibility index (Phi) is 14.3. The highest BCUT2D eigenvalue weighted by molar-refractivity contribution is 6.18. The molecule has 1 aliphatic heterocycles. The Hall–Kier alpha value is -2.95. The second kappa shape index (κ2) is 16.3. The lowest BCUT2D eigenvalue weighted by Gasteiger charge is -2.35. The van der Waals surface area contributed by atoms with Crippen molar-refractivity contribution in [3.05, 3.63) is 9.81 Å². The number of hydrogen-bond acceptors (Lipinski definition) is 11. The van der Waals surface area contributed by atoms with Crippen LogP contribution in [0.25, 0.3) is 0 Å². The first kappa shape index (κ1) is 35.1. The van der Waals surface area contributed by atoms with Crippen molar-refractivity contribution in [2.24, 2.45) is 33.7 Å². The van der Waals surface area contributed by atoms with Gasteiger partial charge in [0.05, 0.1) is 29.7 Å². The number of amides is 5. The molecular formula is C22H37Cl2N9O7. The normalized spacial score (nSPS) is 17.9. The lowest BCUT2D eigenvalue weighted by atomic mass is 9.89. The molecule has 226 valence electrons. The van der Waals surface area contributed by atoms with Gasteiger partial charge in [0.25, 0.3) is 17.7 Å². The predicted molar refractivity (Wildman–Crippen MR) is 146 cm³/mol. The highest BCUT2D eigenvalue weighted by Crippen LogP contribution is 2.26. The van der Waals surface area contributed by atoms with Crippen molar-refractivity contribution in [2.45, 2.75) is 69.6 Å². The van der Waals surface area contributed by atoms with Crippen LogP contribution in [0.4, 0.5) is 0 Å². The van der Waals surface area contributed by atoms with E-state index in [2.05, 4.69) is 15.9 Å². The fourth-order valence-corrected chi connectivity index (χ4v) is 4.66. The monoisotopic (exact) mass is 609 g/mol. The average Bonchev–Trinajstić information content (AvgIpc) is 3.41. The molecule has 0 aromatic rings. The van der Waals surface area contributed by atoms with E-state index in [9.17, 15) is 33.8 Å². The number of rotatable bonds is 17.